The maximum Gasteiger partial charge on any atom is 0.300 e. The van der Waals surface area contributed by atoms with Crippen molar-refractivity contribution in [2.24, 2.45) is 0 Å². The SMILES string of the molecule is O=C1C(=O)N(c2ccc3c(c2)OCO3)C(c2c[nH]c3ccccc23)/C1=C(\O)c1ccc2c(c1)OCCO2. The number of hydrogen-bond acceptors (Lipinski definition) is 7. The summed E-state index contributed by atoms with van der Waals surface area (Å²) in [6.45, 7) is 0.883. The van der Waals surface area contributed by atoms with Gasteiger partial charge in [-0.1, -0.05) is 18.2 Å². The Morgan fingerprint density at radius 3 is 2.49 bits per heavy atom. The van der Waals surface area contributed by atoms with Gasteiger partial charge in [0.15, 0.2) is 23.0 Å². The van der Waals surface area contributed by atoms with Gasteiger partial charge in [-0.25, -0.2) is 0 Å². The Bertz CT molecular complexity index is 1640. The third kappa shape index (κ3) is 3.24. The molecule has 4 aromatic rings. The first kappa shape index (κ1) is 21.4. The smallest absolute Gasteiger partial charge is 0.300 e. The van der Waals surface area contributed by atoms with Crippen molar-refractivity contribution in [1.29, 1.82) is 0 Å². The Kier molecular flexibility index (Phi) is 4.65. The minimum atomic E-state index is -0.898. The molecule has 3 aliphatic rings. The maximum atomic E-state index is 13.5. The normalized spacial score (nSPS) is 19.6. The van der Waals surface area contributed by atoms with Crippen LogP contribution < -0.4 is 23.8 Å². The number of carbonyl (C=O) groups is 2. The molecule has 9 heteroatoms. The van der Waals surface area contributed by atoms with Crippen molar-refractivity contribution in [3.63, 3.8) is 0 Å². The van der Waals surface area contributed by atoms with Crippen LogP contribution >= 0.6 is 0 Å². The minimum absolute atomic E-state index is 0.0240. The highest BCUT2D eigenvalue weighted by molar-refractivity contribution is 6.52. The van der Waals surface area contributed by atoms with Crippen LogP contribution in [-0.4, -0.2) is 41.8 Å². The number of aromatic nitrogens is 1. The van der Waals surface area contributed by atoms with Crippen LogP contribution in [0.5, 0.6) is 23.0 Å². The van der Waals surface area contributed by atoms with Crippen LogP contribution in [-0.2, 0) is 9.59 Å². The van der Waals surface area contributed by atoms with Gasteiger partial charge < -0.3 is 29.0 Å². The van der Waals surface area contributed by atoms with Crippen LogP contribution in [0.15, 0.2) is 72.4 Å². The molecular formula is C28H20N2O7. The lowest BCUT2D eigenvalue weighted by Gasteiger charge is -2.25. The van der Waals surface area contributed by atoms with E-state index in [9.17, 15) is 14.7 Å². The van der Waals surface area contributed by atoms with Crippen molar-refractivity contribution in [2.45, 2.75) is 6.04 Å². The largest absolute Gasteiger partial charge is 0.507 e. The van der Waals surface area contributed by atoms with Gasteiger partial charge in [-0.15, -0.1) is 0 Å². The Morgan fingerprint density at radius 1 is 0.865 bits per heavy atom. The van der Waals surface area contributed by atoms with Gasteiger partial charge in [-0.3, -0.25) is 14.5 Å². The number of nitrogens with zero attached hydrogens (tertiary/aromatic N) is 1. The number of aliphatic hydroxyl groups is 1. The molecule has 0 saturated carbocycles. The van der Waals surface area contributed by atoms with Crippen LogP contribution in [0.4, 0.5) is 5.69 Å². The van der Waals surface area contributed by atoms with E-state index >= 15 is 0 Å². The molecule has 1 saturated heterocycles. The van der Waals surface area contributed by atoms with Gasteiger partial charge in [-0.2, -0.15) is 0 Å². The number of fused-ring (bicyclic) bond motifs is 3. The van der Waals surface area contributed by atoms with E-state index in [1.165, 1.54) is 4.90 Å². The number of Topliss-reactive ketones (excluding diaryl/α,β-unsaturated/α-hetero) is 1. The number of nitrogens with one attached hydrogen (secondary N) is 1. The summed E-state index contributed by atoms with van der Waals surface area (Å²) in [5, 5.41) is 12.3. The van der Waals surface area contributed by atoms with Crippen molar-refractivity contribution < 1.29 is 33.6 Å². The topological polar surface area (TPSA) is 110 Å². The summed E-state index contributed by atoms with van der Waals surface area (Å²) < 4.78 is 22.2. The number of benzene rings is 3. The monoisotopic (exact) mass is 496 g/mol. The van der Waals surface area contributed by atoms with E-state index in [1.54, 1.807) is 42.6 Å². The number of rotatable bonds is 3. The summed E-state index contributed by atoms with van der Waals surface area (Å²) >= 11 is 0. The van der Waals surface area contributed by atoms with Crippen molar-refractivity contribution in [3.8, 4) is 23.0 Å². The Labute approximate surface area is 210 Å². The van der Waals surface area contributed by atoms with Gasteiger partial charge in [-0.05, 0) is 36.4 Å². The van der Waals surface area contributed by atoms with E-state index in [2.05, 4.69) is 4.98 Å². The van der Waals surface area contributed by atoms with Crippen LogP contribution in [0.1, 0.15) is 17.2 Å². The summed E-state index contributed by atoms with van der Waals surface area (Å²) in [6, 6.07) is 16.7. The predicted molar refractivity (Wildman–Crippen MR) is 133 cm³/mol. The highest BCUT2D eigenvalue weighted by Gasteiger charge is 2.48. The van der Waals surface area contributed by atoms with Gasteiger partial charge in [0, 0.05) is 40.0 Å². The number of H-pyrrole nitrogens is 1. The number of aromatic amines is 1. The molecule has 0 aliphatic carbocycles. The van der Waals surface area contributed by atoms with Gasteiger partial charge in [0.2, 0.25) is 6.79 Å². The highest BCUT2D eigenvalue weighted by Crippen LogP contribution is 2.47. The first-order valence-corrected chi connectivity index (χ1v) is 11.8. The first-order chi connectivity index (χ1) is 18.1. The number of aliphatic hydroxyl groups excluding tert-OH is 1. The number of ether oxygens (including phenoxy) is 4. The van der Waals surface area contributed by atoms with E-state index in [0.29, 0.717) is 53.0 Å². The fourth-order valence-electron chi connectivity index (χ4n) is 5.09. The van der Waals surface area contributed by atoms with Crippen molar-refractivity contribution in [1.82, 2.24) is 4.98 Å². The number of para-hydroxylation sites is 1. The average molecular weight is 496 g/mol. The Morgan fingerprint density at radius 2 is 1.59 bits per heavy atom. The summed E-state index contributed by atoms with van der Waals surface area (Å²) in [5.41, 5.74) is 2.28. The quantitative estimate of drug-likeness (QED) is 0.247. The molecule has 184 valence electrons. The van der Waals surface area contributed by atoms with Crippen molar-refractivity contribution in [3.05, 3.63) is 83.6 Å². The molecule has 0 spiro atoms. The molecule has 1 aromatic heterocycles. The zero-order valence-corrected chi connectivity index (χ0v) is 19.4. The lowest BCUT2D eigenvalue weighted by atomic mass is 9.94. The minimum Gasteiger partial charge on any atom is -0.507 e. The third-order valence-electron chi connectivity index (χ3n) is 6.81. The molecule has 1 fully saturated rings. The molecule has 0 bridgehead atoms. The molecule has 4 heterocycles. The highest BCUT2D eigenvalue weighted by atomic mass is 16.7. The van der Waals surface area contributed by atoms with E-state index in [-0.39, 0.29) is 18.1 Å². The molecule has 7 rings (SSSR count). The summed E-state index contributed by atoms with van der Waals surface area (Å²) in [4.78, 5) is 31.7. The Hall–Kier alpha value is -4.92. The van der Waals surface area contributed by atoms with Crippen LogP contribution in [0.3, 0.4) is 0 Å². The van der Waals surface area contributed by atoms with Gasteiger partial charge in [0.05, 0.1) is 11.6 Å². The lowest BCUT2D eigenvalue weighted by molar-refractivity contribution is -0.132. The van der Waals surface area contributed by atoms with Gasteiger partial charge in [0.1, 0.15) is 19.0 Å². The number of anilines is 1. The summed E-state index contributed by atoms with van der Waals surface area (Å²) in [6.07, 6.45) is 1.76. The van der Waals surface area contributed by atoms with Crippen LogP contribution in [0, 0.1) is 0 Å². The van der Waals surface area contributed by atoms with E-state index in [1.807, 2.05) is 24.3 Å². The first-order valence-electron chi connectivity index (χ1n) is 11.8. The predicted octanol–water partition coefficient (Wildman–Crippen LogP) is 4.29. The third-order valence-corrected chi connectivity index (χ3v) is 6.81. The van der Waals surface area contributed by atoms with Crippen LogP contribution in [0.25, 0.3) is 16.7 Å². The number of ketones is 1. The molecule has 1 atom stereocenters. The van der Waals surface area contributed by atoms with Crippen LogP contribution in [0.2, 0.25) is 0 Å². The molecule has 37 heavy (non-hydrogen) atoms. The van der Waals surface area contributed by atoms with Gasteiger partial charge in [0.25, 0.3) is 11.7 Å². The van der Waals surface area contributed by atoms with Crippen molar-refractivity contribution >= 4 is 34.0 Å². The number of hydrogen-bond donors (Lipinski definition) is 2. The van der Waals surface area contributed by atoms with Gasteiger partial charge >= 0.3 is 0 Å². The molecule has 1 unspecified atom stereocenters. The molecule has 2 N–H and O–H groups in total. The summed E-state index contributed by atoms with van der Waals surface area (Å²) in [5.74, 6) is 0.201. The fraction of sp³-hybridized carbons (Fsp3) is 0.143. The lowest BCUT2D eigenvalue weighted by Crippen LogP contribution is -2.29. The second-order valence-electron chi connectivity index (χ2n) is 8.85. The molecule has 9 nitrogen and oxygen atoms in total. The number of carbonyl (C=O) groups excluding carboxylic acids is 2. The second kappa shape index (κ2) is 8.06. The fourth-order valence-corrected chi connectivity index (χ4v) is 5.09. The molecule has 3 aliphatic heterocycles. The average Bonchev–Trinajstić information content (AvgIpc) is 3.64. The summed E-state index contributed by atoms with van der Waals surface area (Å²) in [7, 11) is 0. The molecule has 0 radical (unpaired) electrons. The molecule has 3 aromatic carbocycles. The van der Waals surface area contributed by atoms with E-state index in [0.717, 1.165) is 10.9 Å². The van der Waals surface area contributed by atoms with Crippen molar-refractivity contribution in [2.75, 3.05) is 24.9 Å². The molecule has 1 amide bonds. The standard InChI is InChI=1S/C28H20N2O7/c31-26(15-5-7-20-22(11-15)35-10-9-34-20)24-25(18-13-29-19-4-2-1-3-17(18)19)30(28(33)27(24)32)16-6-8-21-23(12-16)37-14-36-21/h1-8,11-13,25,29,31H,9-10,14H2/b26-24+. The second-order valence-corrected chi connectivity index (χ2v) is 8.85. The van der Waals surface area contributed by atoms with E-state index in [4.69, 9.17) is 18.9 Å². The molecular weight excluding hydrogens is 476 g/mol. The van der Waals surface area contributed by atoms with E-state index < -0.39 is 17.7 Å². The Balaban J connectivity index is 1.44. The maximum absolute atomic E-state index is 13.5. The zero-order valence-electron chi connectivity index (χ0n) is 19.4. The number of amides is 1. The zero-order chi connectivity index (χ0) is 25.1.